The monoisotopic (exact) mass is 334 g/mol. The highest BCUT2D eigenvalue weighted by Crippen LogP contribution is 2.27. The molecule has 1 aromatic carbocycles. The van der Waals surface area contributed by atoms with Crippen LogP contribution in [-0.2, 0) is 9.59 Å². The molecule has 0 atom stereocenters. The van der Waals surface area contributed by atoms with Crippen LogP contribution in [0.2, 0.25) is 0 Å². The van der Waals surface area contributed by atoms with Crippen molar-refractivity contribution < 1.29 is 9.59 Å². The molecule has 0 saturated carbocycles. The van der Waals surface area contributed by atoms with Crippen molar-refractivity contribution in [3.8, 4) is 0 Å². The first kappa shape index (κ1) is 17.0. The van der Waals surface area contributed by atoms with E-state index < -0.39 is 0 Å². The highest BCUT2D eigenvalue weighted by atomic mass is 16.2. The van der Waals surface area contributed by atoms with Gasteiger partial charge in [0.15, 0.2) is 0 Å². The smallest absolute Gasteiger partial charge is 0.251 e. The zero-order valence-electron chi connectivity index (χ0n) is 14.3. The van der Waals surface area contributed by atoms with Gasteiger partial charge in [-0.25, -0.2) is 0 Å². The molecule has 4 heteroatoms. The van der Waals surface area contributed by atoms with E-state index in [1.807, 2.05) is 42.5 Å². The molecule has 2 N–H and O–H groups in total. The Hall–Kier alpha value is -2.88. The number of amides is 2. The van der Waals surface area contributed by atoms with E-state index >= 15 is 0 Å². The van der Waals surface area contributed by atoms with Gasteiger partial charge in [0.1, 0.15) is 0 Å². The van der Waals surface area contributed by atoms with Gasteiger partial charge in [0.2, 0.25) is 5.91 Å². The molecule has 0 saturated heterocycles. The minimum atomic E-state index is -0.0727. The summed E-state index contributed by atoms with van der Waals surface area (Å²) in [5.74, 6) is -0.0661. The van der Waals surface area contributed by atoms with Crippen molar-refractivity contribution in [2.75, 3.05) is 5.32 Å². The lowest BCUT2D eigenvalue weighted by atomic mass is 9.95. The Labute approximate surface area is 148 Å². The van der Waals surface area contributed by atoms with Crippen molar-refractivity contribution in [2.24, 2.45) is 0 Å². The molecule has 0 aliphatic heterocycles. The van der Waals surface area contributed by atoms with Gasteiger partial charge in [0.05, 0.1) is 0 Å². The van der Waals surface area contributed by atoms with E-state index in [4.69, 9.17) is 0 Å². The van der Waals surface area contributed by atoms with Crippen LogP contribution < -0.4 is 10.6 Å². The summed E-state index contributed by atoms with van der Waals surface area (Å²) in [6.07, 6.45) is 13.4. The minimum Gasteiger partial charge on any atom is -0.326 e. The molecule has 0 aromatic heterocycles. The van der Waals surface area contributed by atoms with E-state index in [1.165, 1.54) is 12.5 Å². The minimum absolute atomic E-state index is 0.00658. The molecule has 3 rings (SSSR count). The highest BCUT2D eigenvalue weighted by Gasteiger charge is 2.14. The van der Waals surface area contributed by atoms with E-state index in [9.17, 15) is 9.59 Å². The zero-order valence-corrected chi connectivity index (χ0v) is 14.3. The first-order chi connectivity index (χ1) is 12.1. The molecule has 128 valence electrons. The van der Waals surface area contributed by atoms with Crippen molar-refractivity contribution in [2.45, 2.75) is 32.6 Å². The summed E-state index contributed by atoms with van der Waals surface area (Å²) in [5.41, 5.74) is 4.96. The maximum Gasteiger partial charge on any atom is 0.251 e. The fourth-order valence-electron chi connectivity index (χ4n) is 2.97. The summed E-state index contributed by atoms with van der Waals surface area (Å²) in [7, 11) is 0. The third kappa shape index (κ3) is 4.57. The molecular weight excluding hydrogens is 312 g/mol. The van der Waals surface area contributed by atoms with Gasteiger partial charge >= 0.3 is 0 Å². The Morgan fingerprint density at radius 3 is 2.32 bits per heavy atom. The molecule has 2 aliphatic rings. The average Bonchev–Trinajstić information content (AvgIpc) is 2.63. The lowest BCUT2D eigenvalue weighted by molar-refractivity contribution is -0.117. The van der Waals surface area contributed by atoms with Gasteiger partial charge in [-0.15, -0.1) is 0 Å². The zero-order chi connectivity index (χ0) is 17.6. The van der Waals surface area contributed by atoms with Crippen molar-refractivity contribution in [3.05, 3.63) is 71.5 Å². The maximum atomic E-state index is 12.2. The Morgan fingerprint density at radius 1 is 0.920 bits per heavy atom. The van der Waals surface area contributed by atoms with Crippen LogP contribution in [0.4, 0.5) is 5.69 Å². The van der Waals surface area contributed by atoms with E-state index in [-0.39, 0.29) is 11.8 Å². The topological polar surface area (TPSA) is 58.2 Å². The molecule has 0 radical (unpaired) electrons. The van der Waals surface area contributed by atoms with Crippen LogP contribution in [0.5, 0.6) is 0 Å². The summed E-state index contributed by atoms with van der Waals surface area (Å²) >= 11 is 0. The number of hydrogen-bond acceptors (Lipinski definition) is 2. The second-order valence-corrected chi connectivity index (χ2v) is 6.26. The van der Waals surface area contributed by atoms with Crippen LogP contribution in [0.3, 0.4) is 0 Å². The van der Waals surface area contributed by atoms with Gasteiger partial charge in [-0.05, 0) is 55.0 Å². The number of carbonyl (C=O) groups excluding carboxylic acids is 2. The fourth-order valence-corrected chi connectivity index (χ4v) is 2.97. The van der Waals surface area contributed by atoms with Crippen molar-refractivity contribution in [3.63, 3.8) is 0 Å². The van der Waals surface area contributed by atoms with Gasteiger partial charge in [0, 0.05) is 23.9 Å². The standard InChI is InChI=1S/C21H22N2O2/c1-15(24)22-19-11-7-16(8-12-19)17-9-13-20(14-10-17)23-21(25)18-5-3-2-4-6-18/h2-3,5,7-9,11-13H,4,6,10,14H2,1H3,(H,22,24)(H,23,25). The lowest BCUT2D eigenvalue weighted by Crippen LogP contribution is -2.25. The summed E-state index contributed by atoms with van der Waals surface area (Å²) in [6.45, 7) is 1.50. The predicted octanol–water partition coefficient (Wildman–Crippen LogP) is 4.10. The van der Waals surface area contributed by atoms with Crippen LogP contribution in [-0.4, -0.2) is 11.8 Å². The molecule has 2 amide bonds. The Morgan fingerprint density at radius 2 is 1.72 bits per heavy atom. The molecule has 4 nitrogen and oxygen atoms in total. The summed E-state index contributed by atoms with van der Waals surface area (Å²) in [5, 5.41) is 5.79. The van der Waals surface area contributed by atoms with Gasteiger partial charge < -0.3 is 10.6 Å². The summed E-state index contributed by atoms with van der Waals surface area (Å²) < 4.78 is 0. The van der Waals surface area contributed by atoms with Gasteiger partial charge in [-0.3, -0.25) is 9.59 Å². The van der Waals surface area contributed by atoms with Crippen molar-refractivity contribution in [1.82, 2.24) is 5.32 Å². The Bertz CT molecular complexity index is 796. The second kappa shape index (κ2) is 7.79. The number of nitrogens with one attached hydrogen (secondary N) is 2. The maximum absolute atomic E-state index is 12.2. The summed E-state index contributed by atoms with van der Waals surface area (Å²) in [4.78, 5) is 23.3. The van der Waals surface area contributed by atoms with Crippen LogP contribution >= 0.6 is 0 Å². The van der Waals surface area contributed by atoms with Crippen LogP contribution in [0.25, 0.3) is 5.57 Å². The van der Waals surface area contributed by atoms with Crippen molar-refractivity contribution in [1.29, 1.82) is 0 Å². The van der Waals surface area contributed by atoms with Gasteiger partial charge in [-0.2, -0.15) is 0 Å². The Balaban J connectivity index is 1.64. The van der Waals surface area contributed by atoms with E-state index in [0.717, 1.165) is 48.2 Å². The molecule has 25 heavy (non-hydrogen) atoms. The first-order valence-electron chi connectivity index (χ1n) is 8.56. The Kier molecular flexibility index (Phi) is 5.29. The fraction of sp³-hybridized carbons (Fsp3) is 0.238. The normalized spacial score (nSPS) is 16.4. The number of hydrogen-bond donors (Lipinski definition) is 2. The molecule has 2 aliphatic carbocycles. The van der Waals surface area contributed by atoms with E-state index in [2.05, 4.69) is 22.8 Å². The van der Waals surface area contributed by atoms with Gasteiger partial charge in [0.25, 0.3) is 5.91 Å². The molecule has 0 bridgehead atoms. The average molecular weight is 334 g/mol. The van der Waals surface area contributed by atoms with E-state index in [1.54, 1.807) is 0 Å². The third-order valence-electron chi connectivity index (χ3n) is 4.31. The number of anilines is 1. The van der Waals surface area contributed by atoms with Crippen LogP contribution in [0.15, 0.2) is 65.9 Å². The van der Waals surface area contributed by atoms with Gasteiger partial charge in [-0.1, -0.05) is 36.4 Å². The second-order valence-electron chi connectivity index (χ2n) is 6.26. The van der Waals surface area contributed by atoms with E-state index in [0.29, 0.717) is 0 Å². The SMILES string of the molecule is CC(=O)Nc1ccc(C2=CC=C(NC(=O)C3=CC=CCC3)CC2)cc1. The summed E-state index contributed by atoms with van der Waals surface area (Å²) in [6, 6.07) is 7.82. The first-order valence-corrected chi connectivity index (χ1v) is 8.56. The largest absolute Gasteiger partial charge is 0.326 e. The molecule has 1 aromatic rings. The number of allylic oxidation sites excluding steroid dienone is 7. The third-order valence-corrected chi connectivity index (χ3v) is 4.31. The number of rotatable bonds is 4. The highest BCUT2D eigenvalue weighted by molar-refractivity contribution is 5.95. The molecule has 0 unspecified atom stereocenters. The van der Waals surface area contributed by atoms with Crippen LogP contribution in [0.1, 0.15) is 38.2 Å². The quantitative estimate of drug-likeness (QED) is 0.871. The van der Waals surface area contributed by atoms with Crippen LogP contribution in [0, 0.1) is 0 Å². The molecule has 0 fully saturated rings. The lowest BCUT2D eigenvalue weighted by Gasteiger charge is -2.17. The molecule has 0 spiro atoms. The van der Waals surface area contributed by atoms with Crippen molar-refractivity contribution >= 4 is 23.1 Å². The number of carbonyl (C=O) groups is 2. The predicted molar refractivity (Wildman–Crippen MR) is 101 cm³/mol. The molecule has 0 heterocycles. The molecular formula is C21H22N2O2. The number of benzene rings is 1.